The zero-order valence-corrected chi connectivity index (χ0v) is 18.4. The van der Waals surface area contributed by atoms with Gasteiger partial charge < -0.3 is 16.0 Å². The second-order valence-corrected chi connectivity index (χ2v) is 8.19. The molecule has 2 atom stereocenters. The molecule has 0 spiro atoms. The van der Waals surface area contributed by atoms with Crippen molar-refractivity contribution >= 4 is 17.2 Å². The van der Waals surface area contributed by atoms with Gasteiger partial charge in [0.25, 0.3) is 0 Å². The van der Waals surface area contributed by atoms with Gasteiger partial charge in [0.2, 0.25) is 0 Å². The topological polar surface area (TPSA) is 123 Å². The number of fused-ring (bicyclic) bond motifs is 1. The highest BCUT2D eigenvalue weighted by Crippen LogP contribution is 2.29. The number of nitrogens with two attached hydrogens (primary N) is 2. The molecule has 1 fully saturated rings. The Balaban J connectivity index is 1.70. The van der Waals surface area contributed by atoms with Crippen LogP contribution in [0.15, 0.2) is 42.1 Å². The van der Waals surface area contributed by atoms with E-state index in [4.69, 9.17) is 11.1 Å². The van der Waals surface area contributed by atoms with Crippen LogP contribution < -0.4 is 21.4 Å². The van der Waals surface area contributed by atoms with Crippen molar-refractivity contribution in [3.8, 4) is 11.5 Å². The molecule has 0 aliphatic carbocycles. The van der Waals surface area contributed by atoms with E-state index in [0.29, 0.717) is 36.0 Å². The first-order chi connectivity index (χ1) is 15.5. The molecule has 12 heteroatoms. The highest BCUT2D eigenvalue weighted by atomic mass is 19.4. The minimum Gasteiger partial charge on any atom is -0.402 e. The maximum Gasteiger partial charge on any atom is 0.434 e. The van der Waals surface area contributed by atoms with Crippen molar-refractivity contribution in [1.82, 2.24) is 29.7 Å². The third kappa shape index (κ3) is 4.51. The molecule has 33 heavy (non-hydrogen) atoms. The van der Waals surface area contributed by atoms with E-state index in [-0.39, 0.29) is 23.6 Å². The summed E-state index contributed by atoms with van der Waals surface area (Å²) < 4.78 is 40.8. The van der Waals surface area contributed by atoms with E-state index >= 15 is 0 Å². The molecule has 0 saturated carbocycles. The predicted octanol–water partition coefficient (Wildman–Crippen LogP) is 0.825. The zero-order chi connectivity index (χ0) is 23.9. The monoisotopic (exact) mass is 460 g/mol. The van der Waals surface area contributed by atoms with Crippen molar-refractivity contribution in [1.29, 1.82) is 0 Å². The minimum atomic E-state index is -4.57. The lowest BCUT2D eigenvalue weighted by Gasteiger charge is -2.39. The molecule has 0 radical (unpaired) electrons. The van der Waals surface area contributed by atoms with Crippen molar-refractivity contribution in [3.63, 3.8) is 0 Å². The number of rotatable bonds is 4. The maximum absolute atomic E-state index is 13.2. The van der Waals surface area contributed by atoms with Crippen LogP contribution >= 0.6 is 0 Å². The number of piperazine rings is 1. The van der Waals surface area contributed by atoms with Crippen LogP contribution in [0.25, 0.3) is 17.2 Å². The second kappa shape index (κ2) is 8.43. The van der Waals surface area contributed by atoms with Gasteiger partial charge in [0.1, 0.15) is 11.5 Å². The molecular formula is C21H25F3N9+. The highest BCUT2D eigenvalue weighted by Gasteiger charge is 2.33. The van der Waals surface area contributed by atoms with Gasteiger partial charge >= 0.3 is 6.18 Å². The molecule has 3 aromatic heterocycles. The lowest BCUT2D eigenvalue weighted by molar-refractivity contribution is -0.141. The number of aromatic nitrogens is 5. The van der Waals surface area contributed by atoms with Gasteiger partial charge in [0, 0.05) is 44.1 Å². The quantitative estimate of drug-likeness (QED) is 0.493. The molecule has 0 amide bonds. The van der Waals surface area contributed by atoms with Crippen molar-refractivity contribution in [2.24, 2.45) is 5.73 Å². The van der Waals surface area contributed by atoms with Crippen molar-refractivity contribution in [2.75, 3.05) is 18.0 Å². The SMILES string of the molecule is CC(=[NH2+])/C(=C(/C)N)C1CN(c2ccnc(-c3cnc4cnc(C(F)(F)F)cn34)n2)CC(C)N1. The van der Waals surface area contributed by atoms with Gasteiger partial charge in [-0.1, -0.05) is 0 Å². The van der Waals surface area contributed by atoms with Crippen LogP contribution in [-0.4, -0.2) is 55.2 Å². The number of alkyl halides is 3. The molecular weight excluding hydrogens is 435 g/mol. The summed E-state index contributed by atoms with van der Waals surface area (Å²) in [4.78, 5) is 18.6. The van der Waals surface area contributed by atoms with E-state index in [1.54, 1.807) is 12.3 Å². The second-order valence-electron chi connectivity index (χ2n) is 8.19. The lowest BCUT2D eigenvalue weighted by Crippen LogP contribution is -2.59. The summed E-state index contributed by atoms with van der Waals surface area (Å²) in [6, 6.07) is 1.79. The van der Waals surface area contributed by atoms with Gasteiger partial charge in [-0.05, 0) is 19.9 Å². The summed E-state index contributed by atoms with van der Waals surface area (Å²) in [6.07, 6.45) is 0.417. The first-order valence-corrected chi connectivity index (χ1v) is 10.3. The van der Waals surface area contributed by atoms with Gasteiger partial charge in [-0.3, -0.25) is 9.81 Å². The van der Waals surface area contributed by atoms with Crippen LogP contribution in [0.4, 0.5) is 19.0 Å². The number of nitrogens with one attached hydrogen (secondary N) is 1. The summed E-state index contributed by atoms with van der Waals surface area (Å²) in [5.41, 5.74) is 7.81. The summed E-state index contributed by atoms with van der Waals surface area (Å²) in [6.45, 7) is 6.91. The van der Waals surface area contributed by atoms with Gasteiger partial charge in [-0.2, -0.15) is 13.2 Å². The Morgan fingerprint density at radius 2 is 1.94 bits per heavy atom. The zero-order valence-electron chi connectivity index (χ0n) is 18.4. The van der Waals surface area contributed by atoms with Crippen LogP contribution in [0.5, 0.6) is 0 Å². The largest absolute Gasteiger partial charge is 0.434 e. The molecule has 1 aliphatic rings. The average molecular weight is 460 g/mol. The molecule has 5 N–H and O–H groups in total. The smallest absolute Gasteiger partial charge is 0.402 e. The fourth-order valence-corrected chi connectivity index (χ4v) is 4.15. The molecule has 9 nitrogen and oxygen atoms in total. The number of allylic oxidation sites excluding steroid dienone is 1. The summed E-state index contributed by atoms with van der Waals surface area (Å²) in [7, 11) is 0. The van der Waals surface area contributed by atoms with Gasteiger partial charge in [-0.15, -0.1) is 0 Å². The Bertz CT molecular complexity index is 1230. The lowest BCUT2D eigenvalue weighted by atomic mass is 9.97. The van der Waals surface area contributed by atoms with E-state index in [0.717, 1.165) is 18.0 Å². The van der Waals surface area contributed by atoms with Crippen LogP contribution in [0, 0.1) is 0 Å². The maximum atomic E-state index is 13.2. The summed E-state index contributed by atoms with van der Waals surface area (Å²) in [5, 5.41) is 9.60. The molecule has 0 aromatic carbocycles. The normalized spacial score (nSPS) is 20.1. The third-order valence-corrected chi connectivity index (χ3v) is 5.46. The highest BCUT2D eigenvalue weighted by molar-refractivity contribution is 5.95. The van der Waals surface area contributed by atoms with E-state index in [1.165, 1.54) is 10.6 Å². The number of hydrogen-bond donors (Lipinski definition) is 3. The Hall–Kier alpha value is -3.54. The van der Waals surface area contributed by atoms with Crippen molar-refractivity contribution in [3.05, 3.63) is 47.8 Å². The molecule has 1 aliphatic heterocycles. The number of imidazole rings is 1. The fraction of sp³-hybridized carbons (Fsp3) is 0.381. The molecule has 0 bridgehead atoms. The number of halogens is 3. The average Bonchev–Trinajstić information content (AvgIpc) is 3.15. The van der Waals surface area contributed by atoms with Crippen LogP contribution in [-0.2, 0) is 6.18 Å². The van der Waals surface area contributed by atoms with Crippen LogP contribution in [0.2, 0.25) is 0 Å². The molecule has 174 valence electrons. The van der Waals surface area contributed by atoms with E-state index in [2.05, 4.69) is 30.2 Å². The van der Waals surface area contributed by atoms with E-state index in [9.17, 15) is 13.2 Å². The minimum absolute atomic E-state index is 0.0987. The van der Waals surface area contributed by atoms with Crippen molar-refractivity contribution < 1.29 is 18.6 Å². The fourth-order valence-electron chi connectivity index (χ4n) is 4.15. The molecule has 2 unspecified atom stereocenters. The summed E-state index contributed by atoms with van der Waals surface area (Å²) >= 11 is 0. The number of anilines is 1. The Morgan fingerprint density at radius 3 is 2.61 bits per heavy atom. The molecule has 4 heterocycles. The van der Waals surface area contributed by atoms with Gasteiger partial charge in [-0.25, -0.2) is 19.9 Å². The van der Waals surface area contributed by atoms with Gasteiger partial charge in [0.15, 0.2) is 22.9 Å². The summed E-state index contributed by atoms with van der Waals surface area (Å²) in [5.74, 6) is 0.900. The van der Waals surface area contributed by atoms with E-state index < -0.39 is 11.9 Å². The molecule has 4 rings (SSSR count). The first-order valence-electron chi connectivity index (χ1n) is 10.3. The van der Waals surface area contributed by atoms with Gasteiger partial charge in [0.05, 0.1) is 24.0 Å². The Labute approximate surface area is 188 Å². The van der Waals surface area contributed by atoms with Crippen LogP contribution in [0.1, 0.15) is 26.5 Å². The first kappa shape index (κ1) is 22.6. The molecule has 1 saturated heterocycles. The van der Waals surface area contributed by atoms with E-state index in [1.807, 2.05) is 20.8 Å². The Morgan fingerprint density at radius 1 is 1.18 bits per heavy atom. The van der Waals surface area contributed by atoms with Crippen molar-refractivity contribution in [2.45, 2.75) is 39.0 Å². The number of nitrogens with zero attached hydrogens (tertiary/aromatic N) is 6. The predicted molar refractivity (Wildman–Crippen MR) is 117 cm³/mol. The number of hydrogen-bond acceptors (Lipinski definition) is 7. The van der Waals surface area contributed by atoms with Crippen LogP contribution in [0.3, 0.4) is 0 Å². The Kier molecular flexibility index (Phi) is 5.78. The molecule has 3 aromatic rings. The third-order valence-electron chi connectivity index (χ3n) is 5.46. The standard InChI is InChI=1S/C21H24F3N9/c1-11-8-32(9-14(30-11)19(12(2)25)13(3)26)17-4-5-27-20(31-17)15-6-29-18-7-28-16(10-33(15)18)21(22,23)24/h4-7,10-11,14,25,30H,8-9,26H2,1-3H3/p+1/b19-13+,25-12?.